The van der Waals surface area contributed by atoms with Gasteiger partial charge in [-0.2, -0.15) is 0 Å². The maximum atomic E-state index is 13.5. The lowest BCUT2D eigenvalue weighted by molar-refractivity contribution is -0.115. The number of carbonyl (C=O) groups excluding carboxylic acids is 2. The highest BCUT2D eigenvalue weighted by Crippen LogP contribution is 2.28. The molecule has 3 aromatic carbocycles. The molecule has 8 heteroatoms. The van der Waals surface area contributed by atoms with Crippen molar-refractivity contribution < 1.29 is 23.5 Å². The summed E-state index contributed by atoms with van der Waals surface area (Å²) in [6, 6.07) is 18.2. The van der Waals surface area contributed by atoms with Gasteiger partial charge in [-0.25, -0.2) is 4.39 Å². The van der Waals surface area contributed by atoms with Crippen LogP contribution in [0.4, 0.5) is 15.8 Å². The molecule has 3 rings (SSSR count). The van der Waals surface area contributed by atoms with Crippen molar-refractivity contribution in [2.75, 3.05) is 31.4 Å². The summed E-state index contributed by atoms with van der Waals surface area (Å²) >= 11 is 0. The standard InChI is InChI=1S/C25H26FN3O4/c1-16(30)28-20-10-13-23(33-3)22(14-20)29-24(31)15-27-25(17-4-8-19(26)9-5-17)18-6-11-21(32-2)12-7-18/h4-14,25,27H,15H2,1-3H3,(H,28,30)(H,29,31). The molecule has 7 nitrogen and oxygen atoms in total. The molecule has 2 amide bonds. The van der Waals surface area contributed by atoms with Crippen molar-refractivity contribution >= 4 is 23.2 Å². The first-order valence-corrected chi connectivity index (χ1v) is 10.3. The predicted octanol–water partition coefficient (Wildman–Crippen LogP) is 4.12. The highest BCUT2D eigenvalue weighted by atomic mass is 19.1. The average molecular weight is 451 g/mol. The van der Waals surface area contributed by atoms with Gasteiger partial charge >= 0.3 is 0 Å². The summed E-state index contributed by atoms with van der Waals surface area (Å²) in [4.78, 5) is 24.1. The Morgan fingerprint density at radius 2 is 1.52 bits per heavy atom. The summed E-state index contributed by atoms with van der Waals surface area (Å²) < 4.78 is 24.0. The second-order valence-corrected chi connectivity index (χ2v) is 7.28. The van der Waals surface area contributed by atoms with Crippen molar-refractivity contribution in [1.82, 2.24) is 5.32 Å². The van der Waals surface area contributed by atoms with Crippen LogP contribution in [0.1, 0.15) is 24.1 Å². The minimum absolute atomic E-state index is 0.0262. The van der Waals surface area contributed by atoms with Crippen LogP contribution in [0.2, 0.25) is 0 Å². The molecule has 3 N–H and O–H groups in total. The highest BCUT2D eigenvalue weighted by molar-refractivity contribution is 5.95. The summed E-state index contributed by atoms with van der Waals surface area (Å²) in [5.41, 5.74) is 2.66. The van der Waals surface area contributed by atoms with Crippen molar-refractivity contribution in [2.45, 2.75) is 13.0 Å². The van der Waals surface area contributed by atoms with Gasteiger partial charge in [0.15, 0.2) is 0 Å². The van der Waals surface area contributed by atoms with E-state index in [9.17, 15) is 14.0 Å². The van der Waals surface area contributed by atoms with E-state index in [4.69, 9.17) is 9.47 Å². The van der Waals surface area contributed by atoms with E-state index in [1.807, 2.05) is 24.3 Å². The van der Waals surface area contributed by atoms with Gasteiger partial charge in [-0.15, -0.1) is 0 Å². The zero-order valence-electron chi connectivity index (χ0n) is 18.6. The number of benzene rings is 3. The molecule has 33 heavy (non-hydrogen) atoms. The van der Waals surface area contributed by atoms with Crippen molar-refractivity contribution in [1.29, 1.82) is 0 Å². The van der Waals surface area contributed by atoms with Crippen molar-refractivity contribution in [3.63, 3.8) is 0 Å². The third kappa shape index (κ3) is 6.54. The molecule has 0 saturated carbocycles. The van der Waals surface area contributed by atoms with E-state index in [2.05, 4.69) is 16.0 Å². The molecule has 0 spiro atoms. The minimum Gasteiger partial charge on any atom is -0.497 e. The SMILES string of the molecule is COc1ccc(C(NCC(=O)Nc2cc(NC(C)=O)ccc2OC)c2ccc(F)cc2)cc1. The Hall–Kier alpha value is -3.91. The molecule has 1 unspecified atom stereocenters. The molecule has 0 aliphatic carbocycles. The van der Waals surface area contributed by atoms with E-state index in [-0.39, 0.29) is 30.2 Å². The summed E-state index contributed by atoms with van der Waals surface area (Å²) in [7, 11) is 3.08. The summed E-state index contributed by atoms with van der Waals surface area (Å²) in [5, 5.41) is 8.71. The Morgan fingerprint density at radius 3 is 2.09 bits per heavy atom. The Bertz CT molecular complexity index is 1100. The van der Waals surface area contributed by atoms with Gasteiger partial charge in [0.1, 0.15) is 17.3 Å². The van der Waals surface area contributed by atoms with Crippen molar-refractivity contribution in [3.05, 3.63) is 83.7 Å². The van der Waals surface area contributed by atoms with E-state index >= 15 is 0 Å². The largest absolute Gasteiger partial charge is 0.497 e. The second-order valence-electron chi connectivity index (χ2n) is 7.28. The Labute approximate surface area is 191 Å². The minimum atomic E-state index is -0.352. The van der Waals surface area contributed by atoms with Crippen molar-refractivity contribution in [3.8, 4) is 11.5 Å². The van der Waals surface area contributed by atoms with Crippen LogP contribution in [0.15, 0.2) is 66.7 Å². The van der Waals surface area contributed by atoms with E-state index in [0.29, 0.717) is 22.9 Å². The quantitative estimate of drug-likeness (QED) is 0.456. The molecule has 0 aromatic heterocycles. The molecule has 0 saturated heterocycles. The van der Waals surface area contributed by atoms with Gasteiger partial charge in [0.25, 0.3) is 0 Å². The first kappa shape index (κ1) is 23.7. The van der Waals surface area contributed by atoms with Crippen LogP contribution in [0.25, 0.3) is 0 Å². The maximum absolute atomic E-state index is 13.5. The number of ether oxygens (including phenoxy) is 2. The molecule has 0 aliphatic rings. The van der Waals surface area contributed by atoms with Crippen LogP contribution in [0.5, 0.6) is 11.5 Å². The van der Waals surface area contributed by atoms with E-state index in [1.165, 1.54) is 26.2 Å². The molecule has 0 radical (unpaired) electrons. The highest BCUT2D eigenvalue weighted by Gasteiger charge is 2.17. The first-order valence-electron chi connectivity index (χ1n) is 10.3. The number of nitrogens with one attached hydrogen (secondary N) is 3. The third-order valence-electron chi connectivity index (χ3n) is 4.91. The van der Waals surface area contributed by atoms with Gasteiger partial charge in [0, 0.05) is 12.6 Å². The fraction of sp³-hybridized carbons (Fsp3) is 0.200. The lowest BCUT2D eigenvalue weighted by Gasteiger charge is -2.20. The fourth-order valence-electron chi connectivity index (χ4n) is 3.36. The zero-order chi connectivity index (χ0) is 23.8. The lowest BCUT2D eigenvalue weighted by atomic mass is 9.98. The molecule has 0 fully saturated rings. The summed E-state index contributed by atoms with van der Waals surface area (Å²) in [5.74, 6) is 0.300. The summed E-state index contributed by atoms with van der Waals surface area (Å²) in [6.07, 6.45) is 0. The maximum Gasteiger partial charge on any atom is 0.238 e. The molecule has 0 heterocycles. The van der Waals surface area contributed by atoms with Crippen LogP contribution in [-0.2, 0) is 9.59 Å². The Morgan fingerprint density at radius 1 is 0.879 bits per heavy atom. The first-order chi connectivity index (χ1) is 15.9. The van der Waals surface area contributed by atoms with Crippen molar-refractivity contribution in [2.24, 2.45) is 0 Å². The number of anilines is 2. The van der Waals surface area contributed by atoms with E-state index in [1.54, 1.807) is 37.4 Å². The number of carbonyl (C=O) groups is 2. The normalized spacial score (nSPS) is 11.4. The van der Waals surface area contributed by atoms with Crippen LogP contribution >= 0.6 is 0 Å². The topological polar surface area (TPSA) is 88.7 Å². The monoisotopic (exact) mass is 451 g/mol. The molecular formula is C25H26FN3O4. The number of methoxy groups -OCH3 is 2. The fourth-order valence-corrected chi connectivity index (χ4v) is 3.36. The van der Waals surface area contributed by atoms with Gasteiger partial charge in [-0.05, 0) is 53.6 Å². The lowest BCUT2D eigenvalue weighted by Crippen LogP contribution is -2.32. The van der Waals surface area contributed by atoms with Crippen LogP contribution in [0, 0.1) is 5.82 Å². The zero-order valence-corrected chi connectivity index (χ0v) is 18.6. The van der Waals surface area contributed by atoms with Crippen LogP contribution in [-0.4, -0.2) is 32.6 Å². The predicted molar refractivity (Wildman–Crippen MR) is 125 cm³/mol. The molecule has 0 aliphatic heterocycles. The molecule has 0 bridgehead atoms. The van der Waals surface area contributed by atoms with Crippen LogP contribution in [0.3, 0.4) is 0 Å². The Kier molecular flexibility index (Phi) is 7.99. The number of hydrogen-bond donors (Lipinski definition) is 3. The van der Waals surface area contributed by atoms with Gasteiger partial charge in [0.2, 0.25) is 11.8 Å². The smallest absolute Gasteiger partial charge is 0.238 e. The van der Waals surface area contributed by atoms with E-state index < -0.39 is 0 Å². The average Bonchev–Trinajstić information content (AvgIpc) is 2.80. The number of amides is 2. The molecule has 1 atom stereocenters. The van der Waals surface area contributed by atoms with E-state index in [0.717, 1.165) is 11.1 Å². The molecule has 172 valence electrons. The third-order valence-corrected chi connectivity index (χ3v) is 4.91. The molecular weight excluding hydrogens is 425 g/mol. The number of rotatable bonds is 9. The number of halogens is 1. The molecule has 3 aromatic rings. The second kappa shape index (κ2) is 11.1. The van der Waals surface area contributed by atoms with Gasteiger partial charge in [-0.1, -0.05) is 24.3 Å². The number of hydrogen-bond acceptors (Lipinski definition) is 5. The van der Waals surface area contributed by atoms with Gasteiger partial charge in [-0.3, -0.25) is 14.9 Å². The summed E-state index contributed by atoms with van der Waals surface area (Å²) in [6.45, 7) is 1.38. The Balaban J connectivity index is 1.76. The van der Waals surface area contributed by atoms with Crippen LogP contribution < -0.4 is 25.4 Å². The van der Waals surface area contributed by atoms with Gasteiger partial charge < -0.3 is 20.1 Å². The van der Waals surface area contributed by atoms with Gasteiger partial charge in [0.05, 0.1) is 32.5 Å².